The Labute approximate surface area is 220 Å². The van der Waals surface area contributed by atoms with E-state index in [-0.39, 0.29) is 40.3 Å². The lowest BCUT2D eigenvalue weighted by Crippen LogP contribution is -2.39. The first-order valence-electron chi connectivity index (χ1n) is 10.5. The van der Waals surface area contributed by atoms with Gasteiger partial charge < -0.3 is 14.8 Å². The predicted octanol–water partition coefficient (Wildman–Crippen LogP) is 3.80. The van der Waals surface area contributed by atoms with Crippen molar-refractivity contribution >= 4 is 78.5 Å². The average Bonchev–Trinajstić information content (AvgIpc) is 3.51. The fourth-order valence-corrected chi connectivity index (χ4v) is 4.96. The highest BCUT2D eigenvalue weighted by Gasteiger charge is 2.38. The van der Waals surface area contributed by atoms with E-state index in [1.807, 2.05) is 0 Å². The molecule has 2 aliphatic rings. The number of rotatable bonds is 7. The molecule has 186 valence electrons. The molecule has 35 heavy (non-hydrogen) atoms. The number of hydrogen-bond acceptors (Lipinski definition) is 8. The third-order valence-electron chi connectivity index (χ3n) is 5.18. The van der Waals surface area contributed by atoms with Gasteiger partial charge in [0.1, 0.15) is 6.04 Å². The number of aromatic nitrogens is 1. The van der Waals surface area contributed by atoms with E-state index < -0.39 is 22.1 Å². The highest BCUT2D eigenvalue weighted by molar-refractivity contribution is 9.10. The number of hydrazone groups is 1. The molecule has 1 aromatic carbocycles. The van der Waals surface area contributed by atoms with E-state index in [4.69, 9.17) is 27.4 Å². The molecular weight excluding hydrogens is 585 g/mol. The summed E-state index contributed by atoms with van der Waals surface area (Å²) in [5, 5.41) is 11.4. The van der Waals surface area contributed by atoms with Crippen LogP contribution in [0, 0.1) is 5.92 Å². The van der Waals surface area contributed by atoms with Crippen LogP contribution in [0.1, 0.15) is 29.6 Å². The molecule has 1 fully saturated rings. The maximum absolute atomic E-state index is 13.4. The summed E-state index contributed by atoms with van der Waals surface area (Å²) in [7, 11) is -3.89. The highest BCUT2D eigenvalue weighted by atomic mass is 79.9. The Balaban J connectivity index is 1.63. The second-order valence-electron chi connectivity index (χ2n) is 8.11. The number of carbonyl (C=O) groups excluding carboxylic acids is 2. The van der Waals surface area contributed by atoms with Crippen molar-refractivity contribution < 1.29 is 22.2 Å². The quantitative estimate of drug-likeness (QED) is 0.460. The summed E-state index contributed by atoms with van der Waals surface area (Å²) in [6.45, 7) is 0.533. The van der Waals surface area contributed by atoms with Crippen molar-refractivity contribution in [1.29, 1.82) is 0 Å². The van der Waals surface area contributed by atoms with Crippen molar-refractivity contribution in [2.24, 2.45) is 11.0 Å². The summed E-state index contributed by atoms with van der Waals surface area (Å²) < 4.78 is 28.6. The van der Waals surface area contributed by atoms with Crippen LogP contribution in [0.3, 0.4) is 0 Å². The average molecular weight is 605 g/mol. The Bertz CT molecular complexity index is 1320. The molecule has 1 saturated carbocycles. The van der Waals surface area contributed by atoms with E-state index in [0.29, 0.717) is 22.0 Å². The molecule has 0 saturated heterocycles. The van der Waals surface area contributed by atoms with Crippen LogP contribution < -0.4 is 15.6 Å². The molecule has 1 atom stereocenters. The van der Waals surface area contributed by atoms with E-state index in [0.717, 1.165) is 19.1 Å². The van der Waals surface area contributed by atoms with Gasteiger partial charge in [0.15, 0.2) is 5.82 Å². The van der Waals surface area contributed by atoms with Crippen LogP contribution in [-0.4, -0.2) is 50.0 Å². The minimum Gasteiger partial charge on any atom is -0.365 e. The monoisotopic (exact) mass is 603 g/mol. The number of carbonyl (C=O) groups is 2. The second-order valence-corrected chi connectivity index (χ2v) is 11.4. The van der Waals surface area contributed by atoms with Crippen molar-refractivity contribution in [3.05, 3.63) is 50.5 Å². The number of nitrogens with one attached hydrogen (secondary N) is 2. The van der Waals surface area contributed by atoms with E-state index >= 15 is 0 Å². The van der Waals surface area contributed by atoms with Gasteiger partial charge in [-0.2, -0.15) is 8.42 Å². The Kier molecular flexibility index (Phi) is 7.55. The Morgan fingerprint density at radius 1 is 1.29 bits per heavy atom. The zero-order chi connectivity index (χ0) is 25.3. The molecule has 2 heterocycles. The van der Waals surface area contributed by atoms with E-state index in [1.54, 1.807) is 18.2 Å². The first kappa shape index (κ1) is 25.7. The molecule has 4 rings (SSSR count). The summed E-state index contributed by atoms with van der Waals surface area (Å²) in [5.41, 5.74) is 0.379. The molecule has 1 aliphatic heterocycles. The lowest BCUT2D eigenvalue weighted by molar-refractivity contribution is -0.117. The largest absolute Gasteiger partial charge is 0.365 e. The normalized spacial score (nSPS) is 17.7. The molecule has 10 nitrogen and oxygen atoms in total. The van der Waals surface area contributed by atoms with Gasteiger partial charge in [-0.1, -0.05) is 23.2 Å². The molecule has 2 amide bonds. The number of nitrogens with zero attached hydrogens (tertiary/aromatic N) is 3. The van der Waals surface area contributed by atoms with E-state index in [9.17, 15) is 18.0 Å². The van der Waals surface area contributed by atoms with Gasteiger partial charge in [-0.05, 0) is 59.0 Å². The predicted molar refractivity (Wildman–Crippen MR) is 136 cm³/mol. The first-order valence-corrected chi connectivity index (χ1v) is 13.8. The van der Waals surface area contributed by atoms with Crippen LogP contribution in [0.4, 0.5) is 11.5 Å². The minimum absolute atomic E-state index is 0.138. The van der Waals surface area contributed by atoms with Gasteiger partial charge in [0.2, 0.25) is 11.8 Å². The minimum atomic E-state index is -3.89. The summed E-state index contributed by atoms with van der Waals surface area (Å²) in [6.07, 6.45) is 4.28. The van der Waals surface area contributed by atoms with Crippen molar-refractivity contribution in [3.8, 4) is 0 Å². The van der Waals surface area contributed by atoms with Crippen molar-refractivity contribution in [2.45, 2.75) is 25.3 Å². The Morgan fingerprint density at radius 2 is 2.03 bits per heavy atom. The van der Waals surface area contributed by atoms with Gasteiger partial charge in [0.25, 0.3) is 5.91 Å². The molecule has 0 bridgehead atoms. The smallest absolute Gasteiger partial charge is 0.307 e. The van der Waals surface area contributed by atoms with Gasteiger partial charge in [-0.15, -0.1) is 5.10 Å². The van der Waals surface area contributed by atoms with Crippen LogP contribution in [0.2, 0.25) is 10.0 Å². The number of benzene rings is 1. The third kappa shape index (κ3) is 6.43. The Morgan fingerprint density at radius 3 is 2.69 bits per heavy atom. The SMILES string of the molecule is CS(=O)(=O)OC1=NN(c2ncccc2Cl)C(C(=O)Nc2c(Br)cc(Cl)cc2C(=O)NCC2CC2)C1. The third-order valence-corrected chi connectivity index (χ3v) is 6.82. The summed E-state index contributed by atoms with van der Waals surface area (Å²) >= 11 is 15.8. The number of pyridine rings is 1. The van der Waals surface area contributed by atoms with Gasteiger partial charge in [0.05, 0.1) is 29.0 Å². The van der Waals surface area contributed by atoms with Gasteiger partial charge in [-0.25, -0.2) is 9.99 Å². The first-order chi connectivity index (χ1) is 16.5. The van der Waals surface area contributed by atoms with Crippen LogP contribution in [0.15, 0.2) is 40.0 Å². The summed E-state index contributed by atoms with van der Waals surface area (Å²) in [6, 6.07) is 5.10. The van der Waals surface area contributed by atoms with E-state index in [2.05, 4.69) is 36.6 Å². The number of halogens is 3. The van der Waals surface area contributed by atoms with Crippen LogP contribution in [0.5, 0.6) is 0 Å². The highest BCUT2D eigenvalue weighted by Crippen LogP contribution is 2.34. The number of hydrogen-bond donors (Lipinski definition) is 2. The van der Waals surface area contributed by atoms with Crippen molar-refractivity contribution in [1.82, 2.24) is 10.3 Å². The van der Waals surface area contributed by atoms with Crippen LogP contribution >= 0.6 is 39.1 Å². The van der Waals surface area contributed by atoms with Crippen LogP contribution in [0.25, 0.3) is 0 Å². The second kappa shape index (κ2) is 10.3. The maximum Gasteiger partial charge on any atom is 0.307 e. The maximum atomic E-state index is 13.4. The molecular formula is C21H20BrCl2N5O5S. The van der Waals surface area contributed by atoms with Gasteiger partial charge in [-0.3, -0.25) is 9.59 Å². The summed E-state index contributed by atoms with van der Waals surface area (Å²) in [4.78, 5) is 30.4. The molecule has 2 N–H and O–H groups in total. The molecule has 0 spiro atoms. The van der Waals surface area contributed by atoms with Crippen molar-refractivity contribution in [2.75, 3.05) is 23.1 Å². The van der Waals surface area contributed by atoms with Crippen molar-refractivity contribution in [3.63, 3.8) is 0 Å². The molecule has 1 aliphatic carbocycles. The molecule has 1 unspecified atom stereocenters. The molecule has 14 heteroatoms. The lowest BCUT2D eigenvalue weighted by Gasteiger charge is -2.23. The number of amides is 2. The fourth-order valence-electron chi connectivity index (χ4n) is 3.39. The zero-order valence-electron chi connectivity index (χ0n) is 18.3. The van der Waals surface area contributed by atoms with Gasteiger partial charge >= 0.3 is 10.1 Å². The lowest BCUT2D eigenvalue weighted by atomic mass is 10.1. The van der Waals surface area contributed by atoms with E-state index in [1.165, 1.54) is 17.3 Å². The Hall–Kier alpha value is -2.41. The summed E-state index contributed by atoms with van der Waals surface area (Å²) in [5.74, 6) is -0.586. The topological polar surface area (TPSA) is 130 Å². The molecule has 1 aromatic heterocycles. The fraction of sp³-hybridized carbons (Fsp3) is 0.333. The zero-order valence-corrected chi connectivity index (χ0v) is 22.2. The standard InChI is InChI=1S/C21H20BrCl2N5O5S/c1-35(32,33)34-17-9-16(29(28-17)19-15(24)3-2-6-25-19)21(31)27-18-13(7-12(23)8-14(18)22)20(30)26-10-11-4-5-11/h2-3,6-8,11,16H,4-5,9-10H2,1H3,(H,26,30)(H,27,31). The van der Waals surface area contributed by atoms with Gasteiger partial charge in [0, 0.05) is 22.2 Å². The van der Waals surface area contributed by atoms with Crippen LogP contribution in [-0.2, 0) is 19.1 Å². The number of anilines is 2. The molecule has 2 aromatic rings. The molecule has 0 radical (unpaired) electrons.